The molecule has 0 aromatic carbocycles. The molecule has 2 rings (SSSR count). The average Bonchev–Trinajstić information content (AvgIpc) is 2.76. The Morgan fingerprint density at radius 1 is 1.32 bits per heavy atom. The van der Waals surface area contributed by atoms with Gasteiger partial charge in [0.05, 0.1) is 13.2 Å². The molecule has 2 aliphatic carbocycles. The van der Waals surface area contributed by atoms with Crippen molar-refractivity contribution in [2.45, 2.75) is 63.5 Å². The molecule has 2 unspecified atom stereocenters. The van der Waals surface area contributed by atoms with Gasteiger partial charge >= 0.3 is 5.97 Å². The highest BCUT2D eigenvalue weighted by Crippen LogP contribution is 2.39. The summed E-state index contributed by atoms with van der Waals surface area (Å²) in [6, 6.07) is 0. The Kier molecular flexibility index (Phi) is 5.22. The largest absolute Gasteiger partial charge is 0.468 e. The Balaban J connectivity index is 1.89. The van der Waals surface area contributed by atoms with Crippen molar-refractivity contribution in [3.63, 3.8) is 0 Å². The van der Waals surface area contributed by atoms with Crippen LogP contribution in [0, 0.1) is 5.92 Å². The van der Waals surface area contributed by atoms with Gasteiger partial charge < -0.3 is 14.8 Å². The minimum absolute atomic E-state index is 0.0968. The van der Waals surface area contributed by atoms with Crippen molar-refractivity contribution in [3.8, 4) is 0 Å². The van der Waals surface area contributed by atoms with Gasteiger partial charge in [0, 0.05) is 6.61 Å². The Morgan fingerprint density at radius 2 is 2.11 bits per heavy atom. The summed E-state index contributed by atoms with van der Waals surface area (Å²) in [4.78, 5) is 12.2. The molecule has 0 aliphatic heterocycles. The molecule has 4 heteroatoms. The van der Waals surface area contributed by atoms with Gasteiger partial charge in [-0.1, -0.05) is 13.3 Å². The van der Waals surface area contributed by atoms with Crippen LogP contribution in [0.15, 0.2) is 0 Å². The van der Waals surface area contributed by atoms with Gasteiger partial charge in [0.1, 0.15) is 5.54 Å². The zero-order chi connectivity index (χ0) is 13.7. The van der Waals surface area contributed by atoms with Crippen molar-refractivity contribution in [3.05, 3.63) is 0 Å². The number of rotatable bonds is 7. The number of likely N-dealkylation sites (N-methyl/N-ethyl adjacent to an activating group) is 1. The highest BCUT2D eigenvalue weighted by Gasteiger charge is 2.49. The van der Waals surface area contributed by atoms with Gasteiger partial charge in [-0.05, 0) is 51.0 Å². The summed E-state index contributed by atoms with van der Waals surface area (Å²) < 4.78 is 10.9. The molecule has 0 aromatic heterocycles. The van der Waals surface area contributed by atoms with Gasteiger partial charge in [-0.15, -0.1) is 0 Å². The van der Waals surface area contributed by atoms with E-state index in [0.717, 1.165) is 38.8 Å². The minimum Gasteiger partial charge on any atom is -0.468 e. The molecule has 2 saturated carbocycles. The molecule has 110 valence electrons. The van der Waals surface area contributed by atoms with Gasteiger partial charge in [-0.25, -0.2) is 0 Å². The molecule has 0 spiro atoms. The van der Waals surface area contributed by atoms with Crippen molar-refractivity contribution < 1.29 is 14.3 Å². The molecule has 1 N–H and O–H groups in total. The summed E-state index contributed by atoms with van der Waals surface area (Å²) in [6.45, 7) is 3.62. The summed E-state index contributed by atoms with van der Waals surface area (Å²) >= 11 is 0. The first-order chi connectivity index (χ1) is 9.23. The zero-order valence-electron chi connectivity index (χ0n) is 12.2. The van der Waals surface area contributed by atoms with Crippen molar-refractivity contribution in [1.29, 1.82) is 0 Å². The normalized spacial score (nSPS) is 31.2. The van der Waals surface area contributed by atoms with Gasteiger partial charge in [-0.3, -0.25) is 4.79 Å². The second-order valence-electron chi connectivity index (χ2n) is 5.79. The smallest absolute Gasteiger partial charge is 0.326 e. The number of hydrogen-bond acceptors (Lipinski definition) is 4. The molecular weight excluding hydrogens is 242 g/mol. The topological polar surface area (TPSA) is 47.6 Å². The predicted molar refractivity (Wildman–Crippen MR) is 74.0 cm³/mol. The lowest BCUT2D eigenvalue weighted by Gasteiger charge is -2.34. The second kappa shape index (κ2) is 6.71. The fourth-order valence-electron chi connectivity index (χ4n) is 3.45. The van der Waals surface area contributed by atoms with E-state index in [-0.39, 0.29) is 5.97 Å². The molecule has 0 bridgehead atoms. The number of methoxy groups -OCH3 is 1. The van der Waals surface area contributed by atoms with E-state index in [1.165, 1.54) is 26.4 Å². The molecule has 2 fully saturated rings. The first-order valence-electron chi connectivity index (χ1n) is 7.68. The fourth-order valence-corrected chi connectivity index (χ4v) is 3.45. The van der Waals surface area contributed by atoms with Crippen LogP contribution in [0.2, 0.25) is 0 Å². The lowest BCUT2D eigenvalue weighted by atomic mass is 9.84. The number of hydrogen-bond donors (Lipinski definition) is 1. The van der Waals surface area contributed by atoms with E-state index < -0.39 is 5.54 Å². The van der Waals surface area contributed by atoms with Crippen molar-refractivity contribution in [2.75, 3.05) is 20.3 Å². The zero-order valence-corrected chi connectivity index (χ0v) is 12.2. The van der Waals surface area contributed by atoms with Gasteiger partial charge in [0.2, 0.25) is 0 Å². The molecule has 0 amide bonds. The van der Waals surface area contributed by atoms with Crippen LogP contribution in [0.3, 0.4) is 0 Å². The third-order valence-corrected chi connectivity index (χ3v) is 4.73. The van der Waals surface area contributed by atoms with Gasteiger partial charge in [-0.2, -0.15) is 0 Å². The summed E-state index contributed by atoms with van der Waals surface area (Å²) in [6.07, 6.45) is 8.23. The quantitative estimate of drug-likeness (QED) is 0.720. The van der Waals surface area contributed by atoms with Crippen molar-refractivity contribution in [2.24, 2.45) is 5.92 Å². The number of esters is 1. The third-order valence-electron chi connectivity index (χ3n) is 4.73. The molecule has 2 aliphatic rings. The van der Waals surface area contributed by atoms with Crippen LogP contribution in [0.1, 0.15) is 51.9 Å². The van der Waals surface area contributed by atoms with Crippen LogP contribution in [0.4, 0.5) is 0 Å². The maximum Gasteiger partial charge on any atom is 0.326 e. The fraction of sp³-hybridized carbons (Fsp3) is 0.933. The number of carbonyl (C=O) groups excluding carboxylic acids is 1. The monoisotopic (exact) mass is 269 g/mol. The lowest BCUT2D eigenvalue weighted by Crippen LogP contribution is -2.55. The molecule has 0 heterocycles. The van der Waals surface area contributed by atoms with Crippen LogP contribution in [-0.4, -0.2) is 37.9 Å². The molecular formula is C15H27NO3. The Hall–Kier alpha value is -0.610. The minimum atomic E-state index is -0.466. The molecule has 0 radical (unpaired) electrons. The number of nitrogens with one attached hydrogen (secondary N) is 1. The summed E-state index contributed by atoms with van der Waals surface area (Å²) in [5.74, 6) is 0.250. The third kappa shape index (κ3) is 3.11. The van der Waals surface area contributed by atoms with E-state index >= 15 is 0 Å². The van der Waals surface area contributed by atoms with Crippen LogP contribution in [0.25, 0.3) is 0 Å². The van der Waals surface area contributed by atoms with E-state index in [4.69, 9.17) is 9.47 Å². The van der Waals surface area contributed by atoms with E-state index in [9.17, 15) is 4.79 Å². The predicted octanol–water partition coefficient (Wildman–Crippen LogP) is 2.27. The van der Waals surface area contributed by atoms with Gasteiger partial charge in [0.25, 0.3) is 0 Å². The molecule has 2 atom stereocenters. The molecule has 0 saturated heterocycles. The summed E-state index contributed by atoms with van der Waals surface area (Å²) in [5.41, 5.74) is -0.466. The Bertz CT molecular complexity index is 304. The molecule has 19 heavy (non-hydrogen) atoms. The maximum atomic E-state index is 12.2. The van der Waals surface area contributed by atoms with Crippen LogP contribution in [-0.2, 0) is 14.3 Å². The first kappa shape index (κ1) is 14.8. The molecule has 4 nitrogen and oxygen atoms in total. The van der Waals surface area contributed by atoms with E-state index in [0.29, 0.717) is 12.0 Å². The number of ether oxygens (including phenoxy) is 2. The highest BCUT2D eigenvalue weighted by molar-refractivity contribution is 5.81. The summed E-state index contributed by atoms with van der Waals surface area (Å²) in [5, 5.41) is 3.39. The Morgan fingerprint density at radius 3 is 2.68 bits per heavy atom. The lowest BCUT2D eigenvalue weighted by molar-refractivity contribution is -0.150. The SMILES string of the molecule is CCNC1(C(=O)OC)CCCC1CCOC1CCC1. The first-order valence-corrected chi connectivity index (χ1v) is 7.68. The second-order valence-corrected chi connectivity index (χ2v) is 5.79. The van der Waals surface area contributed by atoms with Crippen molar-refractivity contribution >= 4 is 5.97 Å². The highest BCUT2D eigenvalue weighted by atomic mass is 16.5. The standard InChI is InChI=1S/C15H27NO3/c1-3-16-15(14(17)18-2)10-5-6-12(15)9-11-19-13-7-4-8-13/h12-13,16H,3-11H2,1-2H3. The van der Waals surface area contributed by atoms with Crippen LogP contribution in [0.5, 0.6) is 0 Å². The number of carbonyl (C=O) groups is 1. The van der Waals surface area contributed by atoms with E-state index in [1.807, 2.05) is 6.92 Å². The van der Waals surface area contributed by atoms with Crippen LogP contribution >= 0.6 is 0 Å². The maximum absolute atomic E-state index is 12.2. The average molecular weight is 269 g/mol. The molecule has 0 aromatic rings. The summed E-state index contributed by atoms with van der Waals surface area (Å²) in [7, 11) is 1.49. The van der Waals surface area contributed by atoms with Gasteiger partial charge in [0.15, 0.2) is 0 Å². The Labute approximate surface area is 116 Å². The van der Waals surface area contributed by atoms with E-state index in [1.54, 1.807) is 0 Å². The van der Waals surface area contributed by atoms with Crippen LogP contribution < -0.4 is 5.32 Å². The van der Waals surface area contributed by atoms with E-state index in [2.05, 4.69) is 5.32 Å². The van der Waals surface area contributed by atoms with Crippen molar-refractivity contribution in [1.82, 2.24) is 5.32 Å².